The summed E-state index contributed by atoms with van der Waals surface area (Å²) >= 11 is 0. The third-order valence-electron chi connectivity index (χ3n) is 6.45. The molecule has 2 aromatic heterocycles. The molecule has 0 saturated carbocycles. The van der Waals surface area contributed by atoms with Crippen LogP contribution in [-0.2, 0) is 12.1 Å². The van der Waals surface area contributed by atoms with E-state index in [4.69, 9.17) is 10.7 Å². The van der Waals surface area contributed by atoms with Crippen molar-refractivity contribution in [3.8, 4) is 17.2 Å². The molecule has 0 unspecified atom stereocenters. The Morgan fingerprint density at radius 1 is 1.09 bits per heavy atom. The minimum atomic E-state index is -1.16. The number of rotatable bonds is 4. The summed E-state index contributed by atoms with van der Waals surface area (Å²) in [6, 6.07) is 18.2. The number of nitrogens with zero attached hydrogens (tertiary/aromatic N) is 4. The monoisotopic (exact) mass is 463 g/mol. The van der Waals surface area contributed by atoms with Crippen molar-refractivity contribution in [1.82, 2.24) is 9.55 Å². The van der Waals surface area contributed by atoms with Crippen molar-refractivity contribution in [1.29, 1.82) is 5.26 Å². The fraction of sp³-hybridized carbons (Fsp3) is 0.143. The molecule has 2 aromatic carbocycles. The Bertz CT molecular complexity index is 1610. The van der Waals surface area contributed by atoms with E-state index in [1.54, 1.807) is 42.1 Å². The molecular weight excluding hydrogens is 441 g/mol. The number of aryl methyl sites for hydroxylation is 2. The van der Waals surface area contributed by atoms with E-state index in [2.05, 4.69) is 11.1 Å². The first-order valence-corrected chi connectivity index (χ1v) is 11.2. The fourth-order valence-corrected chi connectivity index (χ4v) is 4.79. The second-order valence-electron chi connectivity index (χ2n) is 8.53. The molecule has 0 radical (unpaired) electrons. The van der Waals surface area contributed by atoms with Crippen LogP contribution in [-0.4, -0.2) is 15.4 Å². The van der Waals surface area contributed by atoms with Crippen LogP contribution in [0, 0.1) is 24.1 Å². The zero-order chi connectivity index (χ0) is 24.7. The van der Waals surface area contributed by atoms with Gasteiger partial charge in [0.15, 0.2) is 0 Å². The highest BCUT2D eigenvalue weighted by molar-refractivity contribution is 6.03. The number of nitrogens with two attached hydrogens (primary N) is 1. The molecule has 3 heterocycles. The molecule has 0 amide bonds. The van der Waals surface area contributed by atoms with Crippen LogP contribution in [0.3, 0.4) is 0 Å². The van der Waals surface area contributed by atoms with Crippen molar-refractivity contribution in [3.05, 3.63) is 123 Å². The summed E-state index contributed by atoms with van der Waals surface area (Å²) in [5.74, 6) is -0.350. The Morgan fingerprint density at radius 3 is 2.66 bits per heavy atom. The first-order chi connectivity index (χ1) is 16.9. The lowest BCUT2D eigenvalue weighted by atomic mass is 9.77. The molecule has 172 valence electrons. The highest BCUT2D eigenvalue weighted by atomic mass is 19.1. The van der Waals surface area contributed by atoms with Crippen LogP contribution < -0.4 is 11.3 Å². The van der Waals surface area contributed by atoms with Gasteiger partial charge in [-0.15, -0.1) is 0 Å². The Kier molecular flexibility index (Phi) is 5.29. The largest absolute Gasteiger partial charge is 0.383 e. The highest BCUT2D eigenvalue weighted by Gasteiger charge is 2.44. The number of benzene rings is 2. The first kappa shape index (κ1) is 22.2. The average Bonchev–Trinajstić information content (AvgIpc) is 3.20. The second-order valence-corrected chi connectivity index (χ2v) is 8.53. The maximum absolute atomic E-state index is 15.0. The zero-order valence-electron chi connectivity index (χ0n) is 19.3. The van der Waals surface area contributed by atoms with E-state index in [-0.39, 0.29) is 17.0 Å². The molecular formula is C28H22FN5O. The molecule has 2 N–H and O–H groups in total. The van der Waals surface area contributed by atoms with Crippen molar-refractivity contribution in [2.24, 2.45) is 10.7 Å². The van der Waals surface area contributed by atoms with Gasteiger partial charge in [0, 0.05) is 47.4 Å². The van der Waals surface area contributed by atoms with E-state index in [9.17, 15) is 14.4 Å². The van der Waals surface area contributed by atoms with Gasteiger partial charge < -0.3 is 10.3 Å². The van der Waals surface area contributed by atoms with Gasteiger partial charge in [-0.1, -0.05) is 30.3 Å². The lowest BCUT2D eigenvalue weighted by molar-refractivity contribution is 0.610. The van der Waals surface area contributed by atoms with Crippen LogP contribution in [0.4, 0.5) is 4.39 Å². The van der Waals surface area contributed by atoms with Gasteiger partial charge in [0.25, 0.3) is 5.56 Å². The summed E-state index contributed by atoms with van der Waals surface area (Å²) in [5, 5.41) is 9.30. The van der Waals surface area contributed by atoms with E-state index < -0.39 is 11.4 Å². The summed E-state index contributed by atoms with van der Waals surface area (Å²) in [5.41, 5.74) is 10.0. The maximum atomic E-state index is 15.0. The Labute approximate surface area is 201 Å². The van der Waals surface area contributed by atoms with Gasteiger partial charge in [0.2, 0.25) is 0 Å². The van der Waals surface area contributed by atoms with E-state index in [1.807, 2.05) is 37.3 Å². The molecule has 0 saturated heterocycles. The highest BCUT2D eigenvalue weighted by Crippen LogP contribution is 2.47. The molecule has 1 atom stereocenters. The zero-order valence-corrected chi connectivity index (χ0v) is 19.3. The van der Waals surface area contributed by atoms with Crippen LogP contribution in [0.5, 0.6) is 0 Å². The minimum absolute atomic E-state index is 0.0889. The van der Waals surface area contributed by atoms with Crippen LogP contribution >= 0.6 is 0 Å². The molecule has 0 aliphatic carbocycles. The number of hydrogen-bond donors (Lipinski definition) is 1. The minimum Gasteiger partial charge on any atom is -0.383 e. The smallest absolute Gasteiger partial charge is 0.253 e. The van der Waals surface area contributed by atoms with Gasteiger partial charge in [0.1, 0.15) is 23.3 Å². The second kappa shape index (κ2) is 8.33. The molecule has 5 rings (SSSR count). The molecule has 1 aliphatic heterocycles. The normalized spacial score (nSPS) is 16.5. The summed E-state index contributed by atoms with van der Waals surface area (Å²) in [7, 11) is 0. The lowest BCUT2D eigenvalue weighted by Gasteiger charge is -2.30. The Hall–Kier alpha value is -4.57. The SMILES string of the molecule is CCn1cc([C@]2(c3cccc(-c4cncc(C#N)c4)c3)N=C(N)c3c(F)cccc32)cc(C)c1=O. The topological polar surface area (TPSA) is 97.1 Å². The molecule has 7 heteroatoms. The van der Waals surface area contributed by atoms with Gasteiger partial charge in [0.05, 0.1) is 11.1 Å². The van der Waals surface area contributed by atoms with E-state index in [0.717, 1.165) is 16.7 Å². The molecule has 4 aromatic rings. The number of halogens is 1. The van der Waals surface area contributed by atoms with Gasteiger partial charge in [-0.2, -0.15) is 5.26 Å². The standard InChI is InChI=1S/C28H22FN5O/c1-3-34-16-22(10-17(2)27(34)35)28(23-8-5-9-24(29)25(23)26(31)33-28)21-7-4-6-19(12-21)20-11-18(13-30)14-32-15-20/h4-12,14-16H,3H2,1-2H3,(H2,31,33)/t28-/m0/s1. The van der Waals surface area contributed by atoms with Crippen LogP contribution in [0.2, 0.25) is 0 Å². The average molecular weight is 464 g/mol. The van der Waals surface area contributed by atoms with Gasteiger partial charge in [-0.3, -0.25) is 9.78 Å². The molecule has 0 spiro atoms. The predicted octanol–water partition coefficient (Wildman–Crippen LogP) is 4.26. The van der Waals surface area contributed by atoms with Gasteiger partial charge in [-0.05, 0) is 49.2 Å². The van der Waals surface area contributed by atoms with E-state index in [1.165, 1.54) is 12.3 Å². The predicted molar refractivity (Wildman–Crippen MR) is 133 cm³/mol. The quantitative estimate of drug-likeness (QED) is 0.489. The number of pyridine rings is 2. The van der Waals surface area contributed by atoms with Gasteiger partial charge >= 0.3 is 0 Å². The summed E-state index contributed by atoms with van der Waals surface area (Å²) in [4.78, 5) is 21.7. The number of hydrogen-bond acceptors (Lipinski definition) is 5. The number of fused-ring (bicyclic) bond motifs is 1. The van der Waals surface area contributed by atoms with Crippen molar-refractivity contribution in [3.63, 3.8) is 0 Å². The molecule has 1 aliphatic rings. The molecule has 6 nitrogen and oxygen atoms in total. The summed E-state index contributed by atoms with van der Waals surface area (Å²) < 4.78 is 16.6. The Balaban J connectivity index is 1.84. The molecule has 0 bridgehead atoms. The molecule has 0 fully saturated rings. The number of nitriles is 1. The van der Waals surface area contributed by atoms with Crippen LogP contribution in [0.1, 0.15) is 40.3 Å². The van der Waals surface area contributed by atoms with E-state index in [0.29, 0.717) is 28.8 Å². The van der Waals surface area contributed by atoms with Crippen molar-refractivity contribution >= 4 is 5.84 Å². The lowest BCUT2D eigenvalue weighted by Crippen LogP contribution is -2.30. The van der Waals surface area contributed by atoms with Gasteiger partial charge in [-0.25, -0.2) is 9.38 Å². The third-order valence-corrected chi connectivity index (χ3v) is 6.45. The van der Waals surface area contributed by atoms with Crippen molar-refractivity contribution in [2.45, 2.75) is 25.9 Å². The summed E-state index contributed by atoms with van der Waals surface area (Å²) in [6.07, 6.45) is 4.97. The Morgan fingerprint density at radius 2 is 1.89 bits per heavy atom. The van der Waals surface area contributed by atoms with Crippen LogP contribution in [0.25, 0.3) is 11.1 Å². The number of aliphatic imine (C=N–C) groups is 1. The van der Waals surface area contributed by atoms with Crippen LogP contribution in [0.15, 0.2) is 83.0 Å². The maximum Gasteiger partial charge on any atom is 0.253 e. The van der Waals surface area contributed by atoms with Crippen molar-refractivity contribution in [2.75, 3.05) is 0 Å². The van der Waals surface area contributed by atoms with Crippen molar-refractivity contribution < 1.29 is 4.39 Å². The third kappa shape index (κ3) is 3.42. The first-order valence-electron chi connectivity index (χ1n) is 11.2. The van der Waals surface area contributed by atoms with E-state index >= 15 is 0 Å². The number of amidine groups is 1. The summed E-state index contributed by atoms with van der Waals surface area (Å²) in [6.45, 7) is 4.13. The number of aromatic nitrogens is 2. The molecule has 35 heavy (non-hydrogen) atoms. The fourth-order valence-electron chi connectivity index (χ4n) is 4.79.